The Bertz CT molecular complexity index is 609. The van der Waals surface area contributed by atoms with Gasteiger partial charge in [-0.3, -0.25) is 4.21 Å². The van der Waals surface area contributed by atoms with Gasteiger partial charge >= 0.3 is 0 Å². The van der Waals surface area contributed by atoms with Crippen LogP contribution in [0.3, 0.4) is 0 Å². The number of aromatic hydroxyl groups is 3. The van der Waals surface area contributed by atoms with Crippen LogP contribution in [0.1, 0.15) is 11.1 Å². The molecule has 0 amide bonds. The van der Waals surface area contributed by atoms with Gasteiger partial charge in [0.2, 0.25) is 0 Å². The van der Waals surface area contributed by atoms with Gasteiger partial charge in [-0.1, -0.05) is 24.3 Å². The lowest BCUT2D eigenvalue weighted by atomic mass is 10.1. The van der Waals surface area contributed by atoms with E-state index in [0.717, 1.165) is 5.56 Å². The van der Waals surface area contributed by atoms with Crippen molar-refractivity contribution in [2.75, 3.05) is 12.5 Å². The number of rotatable bonds is 2. The molecule has 112 valence electrons. The average molecular weight is 306 g/mol. The molecule has 0 aliphatic rings. The summed E-state index contributed by atoms with van der Waals surface area (Å²) < 4.78 is 9.56. The van der Waals surface area contributed by atoms with E-state index in [4.69, 9.17) is 5.11 Å². The standard InChI is InChI=1S/C14H12O3.C2H6OS/c15-12-5-3-10(4-6-12)1-2-11-7-13(16)9-14(17)8-11;1-4(2)3/h1-9,15-17H;1-2H3. The first-order valence-corrected chi connectivity index (χ1v) is 8.08. The summed E-state index contributed by atoms with van der Waals surface area (Å²) in [6.07, 6.45) is 6.87. The molecule has 0 saturated heterocycles. The molecule has 0 saturated carbocycles. The molecule has 2 aromatic carbocycles. The second kappa shape index (κ2) is 8.11. The van der Waals surface area contributed by atoms with E-state index in [-0.39, 0.29) is 17.2 Å². The Kier molecular flexibility index (Phi) is 6.49. The van der Waals surface area contributed by atoms with Gasteiger partial charge in [0.05, 0.1) is 0 Å². The minimum Gasteiger partial charge on any atom is -0.508 e. The van der Waals surface area contributed by atoms with Crippen molar-refractivity contribution >= 4 is 23.0 Å². The zero-order chi connectivity index (χ0) is 15.8. The lowest BCUT2D eigenvalue weighted by molar-refractivity contribution is 0.450. The highest BCUT2D eigenvalue weighted by Crippen LogP contribution is 2.22. The molecule has 0 atom stereocenters. The molecule has 4 nitrogen and oxygen atoms in total. The summed E-state index contributed by atoms with van der Waals surface area (Å²) >= 11 is 0. The summed E-state index contributed by atoms with van der Waals surface area (Å²) in [5, 5.41) is 27.7. The summed E-state index contributed by atoms with van der Waals surface area (Å²) in [7, 11) is -0.611. The minimum absolute atomic E-state index is 0.0235. The average Bonchev–Trinajstić information content (AvgIpc) is 2.36. The van der Waals surface area contributed by atoms with Gasteiger partial charge in [0, 0.05) is 29.4 Å². The van der Waals surface area contributed by atoms with Crippen molar-refractivity contribution in [2.24, 2.45) is 0 Å². The summed E-state index contributed by atoms with van der Waals surface area (Å²) in [6.45, 7) is 0. The molecule has 0 aliphatic carbocycles. The van der Waals surface area contributed by atoms with Crippen LogP contribution in [0.2, 0.25) is 0 Å². The summed E-state index contributed by atoms with van der Waals surface area (Å²) in [6, 6.07) is 11.1. The highest BCUT2D eigenvalue weighted by molar-refractivity contribution is 7.83. The van der Waals surface area contributed by atoms with Gasteiger partial charge in [-0.25, -0.2) is 0 Å². The predicted octanol–water partition coefficient (Wildman–Crippen LogP) is 2.97. The van der Waals surface area contributed by atoms with Gasteiger partial charge in [-0.05, 0) is 35.4 Å². The maximum atomic E-state index is 9.56. The Balaban J connectivity index is 0.000000491. The molecule has 2 rings (SSSR count). The van der Waals surface area contributed by atoms with Crippen molar-refractivity contribution in [1.29, 1.82) is 0 Å². The van der Waals surface area contributed by atoms with E-state index in [9.17, 15) is 14.4 Å². The van der Waals surface area contributed by atoms with Gasteiger partial charge in [-0.15, -0.1) is 0 Å². The van der Waals surface area contributed by atoms with E-state index in [1.165, 1.54) is 6.07 Å². The number of phenolic OH excluding ortho intramolecular Hbond substituents is 3. The fourth-order valence-electron chi connectivity index (χ4n) is 1.49. The first-order valence-electron chi connectivity index (χ1n) is 6.12. The van der Waals surface area contributed by atoms with Crippen LogP contribution in [-0.2, 0) is 10.8 Å². The van der Waals surface area contributed by atoms with E-state index < -0.39 is 10.8 Å². The van der Waals surface area contributed by atoms with Gasteiger partial charge in [-0.2, -0.15) is 0 Å². The van der Waals surface area contributed by atoms with Crippen LogP contribution in [0.25, 0.3) is 12.2 Å². The van der Waals surface area contributed by atoms with E-state index >= 15 is 0 Å². The molecular weight excluding hydrogens is 288 g/mol. The fourth-order valence-corrected chi connectivity index (χ4v) is 1.49. The number of hydrogen-bond donors (Lipinski definition) is 3. The third-order valence-electron chi connectivity index (χ3n) is 2.29. The van der Waals surface area contributed by atoms with Gasteiger partial charge in [0.1, 0.15) is 17.2 Å². The Morgan fingerprint density at radius 3 is 1.67 bits per heavy atom. The van der Waals surface area contributed by atoms with Crippen molar-refractivity contribution in [3.63, 3.8) is 0 Å². The molecular formula is C16H18O4S. The molecule has 0 spiro atoms. The zero-order valence-corrected chi connectivity index (χ0v) is 12.7. The Morgan fingerprint density at radius 1 is 0.762 bits per heavy atom. The third kappa shape index (κ3) is 7.17. The highest BCUT2D eigenvalue weighted by atomic mass is 32.2. The second-order valence-corrected chi connectivity index (χ2v) is 5.93. The van der Waals surface area contributed by atoms with Crippen molar-refractivity contribution in [3.8, 4) is 17.2 Å². The Labute approximate surface area is 126 Å². The smallest absolute Gasteiger partial charge is 0.119 e. The van der Waals surface area contributed by atoms with Gasteiger partial charge in [0.25, 0.3) is 0 Å². The van der Waals surface area contributed by atoms with Crippen LogP contribution in [0.4, 0.5) is 0 Å². The first-order chi connectivity index (χ1) is 9.86. The van der Waals surface area contributed by atoms with Gasteiger partial charge < -0.3 is 15.3 Å². The highest BCUT2D eigenvalue weighted by Gasteiger charge is 1.95. The fraction of sp³-hybridized carbons (Fsp3) is 0.125. The van der Waals surface area contributed by atoms with E-state index in [1.807, 2.05) is 6.08 Å². The second-order valence-electron chi connectivity index (χ2n) is 4.45. The SMILES string of the molecule is CS(C)=O.Oc1ccc(C=Cc2cc(O)cc(O)c2)cc1. The molecule has 5 heteroatoms. The number of hydrogen-bond acceptors (Lipinski definition) is 4. The van der Waals surface area contributed by atoms with Crippen LogP contribution in [0.15, 0.2) is 42.5 Å². The summed E-state index contributed by atoms with van der Waals surface area (Å²) in [5.41, 5.74) is 1.63. The molecule has 0 heterocycles. The van der Waals surface area contributed by atoms with Gasteiger partial charge in [0.15, 0.2) is 0 Å². The lowest BCUT2D eigenvalue weighted by Crippen LogP contribution is -1.74. The topological polar surface area (TPSA) is 77.8 Å². The quantitative estimate of drug-likeness (QED) is 0.745. The van der Waals surface area contributed by atoms with Crippen molar-refractivity contribution in [2.45, 2.75) is 0 Å². The molecule has 0 aromatic heterocycles. The Hall–Kier alpha value is -2.27. The maximum Gasteiger partial charge on any atom is 0.119 e. The number of phenols is 3. The normalized spacial score (nSPS) is 10.4. The third-order valence-corrected chi connectivity index (χ3v) is 2.29. The monoisotopic (exact) mass is 306 g/mol. The van der Waals surface area contributed by atoms with Crippen LogP contribution in [0.5, 0.6) is 17.2 Å². The first kappa shape index (κ1) is 16.8. The van der Waals surface area contributed by atoms with Crippen LogP contribution in [0, 0.1) is 0 Å². The largest absolute Gasteiger partial charge is 0.508 e. The van der Waals surface area contributed by atoms with E-state index in [1.54, 1.807) is 55.0 Å². The zero-order valence-electron chi connectivity index (χ0n) is 11.9. The summed E-state index contributed by atoms with van der Waals surface area (Å²) in [5.74, 6) is 0.267. The van der Waals surface area contributed by atoms with Crippen LogP contribution in [-0.4, -0.2) is 32.0 Å². The minimum atomic E-state index is -0.611. The van der Waals surface area contributed by atoms with E-state index in [2.05, 4.69) is 0 Å². The maximum absolute atomic E-state index is 9.56. The Morgan fingerprint density at radius 2 is 1.19 bits per heavy atom. The molecule has 0 bridgehead atoms. The lowest BCUT2D eigenvalue weighted by Gasteiger charge is -1.98. The molecule has 2 aromatic rings. The van der Waals surface area contributed by atoms with Crippen molar-refractivity contribution < 1.29 is 19.5 Å². The molecule has 0 aliphatic heterocycles. The van der Waals surface area contributed by atoms with Crippen molar-refractivity contribution in [3.05, 3.63) is 53.6 Å². The summed E-state index contributed by atoms with van der Waals surface area (Å²) in [4.78, 5) is 0. The molecule has 0 radical (unpaired) electrons. The molecule has 21 heavy (non-hydrogen) atoms. The van der Waals surface area contributed by atoms with Crippen LogP contribution < -0.4 is 0 Å². The van der Waals surface area contributed by atoms with Crippen LogP contribution >= 0.6 is 0 Å². The molecule has 0 unspecified atom stereocenters. The predicted molar refractivity (Wildman–Crippen MR) is 86.8 cm³/mol. The molecule has 0 fully saturated rings. The van der Waals surface area contributed by atoms with Crippen molar-refractivity contribution in [1.82, 2.24) is 0 Å². The van der Waals surface area contributed by atoms with E-state index in [0.29, 0.717) is 5.56 Å². The molecule has 3 N–H and O–H groups in total. The number of benzene rings is 2.